The van der Waals surface area contributed by atoms with Crippen molar-refractivity contribution < 1.29 is 9.53 Å². The fourth-order valence-electron chi connectivity index (χ4n) is 2.61. The number of ether oxygens (including phenoxy) is 1. The topological polar surface area (TPSA) is 63.2 Å². The predicted octanol–water partition coefficient (Wildman–Crippen LogP) is 3.48. The molecule has 24 heavy (non-hydrogen) atoms. The average Bonchev–Trinajstić information content (AvgIpc) is 2.55. The summed E-state index contributed by atoms with van der Waals surface area (Å²) >= 11 is 0. The Morgan fingerprint density at radius 1 is 1.21 bits per heavy atom. The monoisotopic (exact) mass is 325 g/mol. The van der Waals surface area contributed by atoms with Crippen LogP contribution in [0.3, 0.4) is 0 Å². The van der Waals surface area contributed by atoms with Gasteiger partial charge in [-0.1, -0.05) is 18.6 Å². The lowest BCUT2D eigenvalue weighted by Gasteiger charge is -2.23. The number of benzene rings is 1. The largest absolute Gasteiger partial charge is 0.497 e. The van der Waals surface area contributed by atoms with Gasteiger partial charge in [-0.3, -0.25) is 4.79 Å². The van der Waals surface area contributed by atoms with E-state index >= 15 is 0 Å². The SMILES string of the molecule is COc1ccc(CCNc2ccc(NC(=O)C3CCC3)nc2)cc1. The van der Waals surface area contributed by atoms with Crippen molar-refractivity contribution in [3.05, 3.63) is 48.2 Å². The molecule has 0 bridgehead atoms. The lowest BCUT2D eigenvalue weighted by molar-refractivity contribution is -0.122. The second-order valence-corrected chi connectivity index (χ2v) is 6.07. The highest BCUT2D eigenvalue weighted by Gasteiger charge is 2.25. The first-order valence-corrected chi connectivity index (χ1v) is 8.38. The number of methoxy groups -OCH3 is 1. The summed E-state index contributed by atoms with van der Waals surface area (Å²) in [5, 5.41) is 6.22. The molecule has 1 aliphatic carbocycles. The summed E-state index contributed by atoms with van der Waals surface area (Å²) in [6, 6.07) is 11.9. The van der Waals surface area contributed by atoms with Gasteiger partial charge < -0.3 is 15.4 Å². The van der Waals surface area contributed by atoms with E-state index in [9.17, 15) is 4.79 Å². The third kappa shape index (κ3) is 4.25. The average molecular weight is 325 g/mol. The quantitative estimate of drug-likeness (QED) is 0.818. The molecule has 1 fully saturated rings. The predicted molar refractivity (Wildman–Crippen MR) is 95.4 cm³/mol. The molecule has 3 rings (SSSR count). The van der Waals surface area contributed by atoms with Gasteiger partial charge in [-0.25, -0.2) is 4.98 Å². The Hall–Kier alpha value is -2.56. The highest BCUT2D eigenvalue weighted by Crippen LogP contribution is 2.27. The van der Waals surface area contributed by atoms with Crippen LogP contribution in [0.4, 0.5) is 11.5 Å². The molecule has 1 aromatic carbocycles. The van der Waals surface area contributed by atoms with Crippen LogP contribution in [-0.2, 0) is 11.2 Å². The maximum Gasteiger partial charge on any atom is 0.228 e. The van der Waals surface area contributed by atoms with Gasteiger partial charge in [0, 0.05) is 12.5 Å². The second kappa shape index (κ2) is 7.81. The van der Waals surface area contributed by atoms with Crippen molar-refractivity contribution in [2.24, 2.45) is 5.92 Å². The second-order valence-electron chi connectivity index (χ2n) is 6.07. The standard InChI is InChI=1S/C19H23N3O2/c1-24-17-8-5-14(6-9-17)11-12-20-16-7-10-18(21-13-16)22-19(23)15-3-2-4-15/h5-10,13,15,20H,2-4,11-12H2,1H3,(H,21,22,23). The van der Waals surface area contributed by atoms with Crippen molar-refractivity contribution in [3.63, 3.8) is 0 Å². The summed E-state index contributed by atoms with van der Waals surface area (Å²) in [5.41, 5.74) is 2.20. The van der Waals surface area contributed by atoms with Crippen molar-refractivity contribution in [2.45, 2.75) is 25.7 Å². The van der Waals surface area contributed by atoms with Crippen LogP contribution in [0.5, 0.6) is 5.75 Å². The first-order chi connectivity index (χ1) is 11.7. The molecule has 1 aliphatic rings. The molecule has 1 heterocycles. The Labute approximate surface area is 142 Å². The van der Waals surface area contributed by atoms with Crippen molar-refractivity contribution in [2.75, 3.05) is 24.3 Å². The number of anilines is 2. The van der Waals surface area contributed by atoms with Crippen LogP contribution in [-0.4, -0.2) is 24.5 Å². The van der Waals surface area contributed by atoms with Gasteiger partial charge in [-0.05, 0) is 49.1 Å². The van der Waals surface area contributed by atoms with Crippen LogP contribution >= 0.6 is 0 Å². The van der Waals surface area contributed by atoms with Crippen LogP contribution in [0.1, 0.15) is 24.8 Å². The van der Waals surface area contributed by atoms with Crippen molar-refractivity contribution in [1.82, 2.24) is 4.98 Å². The summed E-state index contributed by atoms with van der Waals surface area (Å²) in [6.07, 6.45) is 5.82. The zero-order valence-corrected chi connectivity index (χ0v) is 13.9. The third-order valence-corrected chi connectivity index (χ3v) is 4.39. The van der Waals surface area contributed by atoms with E-state index in [0.29, 0.717) is 5.82 Å². The molecule has 2 aromatic rings. The molecule has 0 atom stereocenters. The lowest BCUT2D eigenvalue weighted by Crippen LogP contribution is -2.28. The zero-order chi connectivity index (χ0) is 16.8. The molecule has 5 nitrogen and oxygen atoms in total. The number of carbonyl (C=O) groups excluding carboxylic acids is 1. The molecule has 1 amide bonds. The fraction of sp³-hybridized carbons (Fsp3) is 0.368. The van der Waals surface area contributed by atoms with Gasteiger partial charge in [-0.2, -0.15) is 0 Å². The first-order valence-electron chi connectivity index (χ1n) is 8.38. The number of hydrogen-bond acceptors (Lipinski definition) is 4. The van der Waals surface area contributed by atoms with E-state index in [2.05, 4.69) is 27.8 Å². The molecule has 0 spiro atoms. The van der Waals surface area contributed by atoms with E-state index in [0.717, 1.165) is 43.7 Å². The van der Waals surface area contributed by atoms with Crippen LogP contribution in [0.25, 0.3) is 0 Å². The Morgan fingerprint density at radius 2 is 2.00 bits per heavy atom. The highest BCUT2D eigenvalue weighted by molar-refractivity contribution is 5.92. The summed E-state index contributed by atoms with van der Waals surface area (Å²) in [7, 11) is 1.67. The molecule has 126 valence electrons. The van der Waals surface area contributed by atoms with Crippen molar-refractivity contribution >= 4 is 17.4 Å². The molecular weight excluding hydrogens is 302 g/mol. The molecule has 5 heteroatoms. The molecule has 1 aromatic heterocycles. The van der Waals surface area contributed by atoms with Crippen LogP contribution in [0.15, 0.2) is 42.6 Å². The maximum absolute atomic E-state index is 11.9. The summed E-state index contributed by atoms with van der Waals surface area (Å²) in [4.78, 5) is 16.2. The maximum atomic E-state index is 11.9. The number of amides is 1. The van der Waals surface area contributed by atoms with E-state index < -0.39 is 0 Å². The van der Waals surface area contributed by atoms with Crippen LogP contribution in [0, 0.1) is 5.92 Å². The van der Waals surface area contributed by atoms with Gasteiger partial charge in [0.05, 0.1) is 19.0 Å². The number of nitrogens with zero attached hydrogens (tertiary/aromatic N) is 1. The Balaban J connectivity index is 1.44. The number of rotatable bonds is 7. The summed E-state index contributed by atoms with van der Waals surface area (Å²) in [6.45, 7) is 0.821. The molecule has 1 saturated carbocycles. The van der Waals surface area contributed by atoms with Gasteiger partial charge in [0.2, 0.25) is 5.91 Å². The van der Waals surface area contributed by atoms with Gasteiger partial charge in [0.25, 0.3) is 0 Å². The van der Waals surface area contributed by atoms with E-state index in [1.54, 1.807) is 13.3 Å². The smallest absolute Gasteiger partial charge is 0.228 e. The minimum Gasteiger partial charge on any atom is -0.497 e. The molecule has 0 unspecified atom stereocenters. The number of nitrogens with one attached hydrogen (secondary N) is 2. The summed E-state index contributed by atoms with van der Waals surface area (Å²) < 4.78 is 5.15. The number of carbonyl (C=O) groups is 1. The Bertz CT molecular complexity index is 664. The normalized spacial score (nSPS) is 13.9. The Morgan fingerprint density at radius 3 is 2.58 bits per heavy atom. The van der Waals surface area contributed by atoms with E-state index in [-0.39, 0.29) is 11.8 Å². The number of aromatic nitrogens is 1. The number of hydrogen-bond donors (Lipinski definition) is 2. The zero-order valence-electron chi connectivity index (χ0n) is 13.9. The molecule has 0 aliphatic heterocycles. The van der Waals surface area contributed by atoms with Crippen molar-refractivity contribution in [1.29, 1.82) is 0 Å². The summed E-state index contributed by atoms with van der Waals surface area (Å²) in [5.74, 6) is 1.76. The third-order valence-electron chi connectivity index (χ3n) is 4.39. The first kappa shape index (κ1) is 16.3. The fourth-order valence-corrected chi connectivity index (χ4v) is 2.61. The van der Waals surface area contributed by atoms with Crippen LogP contribution in [0.2, 0.25) is 0 Å². The van der Waals surface area contributed by atoms with Gasteiger partial charge in [-0.15, -0.1) is 0 Å². The van der Waals surface area contributed by atoms with E-state index in [4.69, 9.17) is 4.74 Å². The van der Waals surface area contributed by atoms with E-state index in [1.807, 2.05) is 24.3 Å². The molecular formula is C19H23N3O2. The van der Waals surface area contributed by atoms with Gasteiger partial charge in [0.15, 0.2) is 0 Å². The highest BCUT2D eigenvalue weighted by atomic mass is 16.5. The van der Waals surface area contributed by atoms with Crippen LogP contribution < -0.4 is 15.4 Å². The Kier molecular flexibility index (Phi) is 5.31. The molecule has 0 radical (unpaired) electrons. The minimum absolute atomic E-state index is 0.0916. The molecule has 2 N–H and O–H groups in total. The van der Waals surface area contributed by atoms with Crippen molar-refractivity contribution in [3.8, 4) is 5.75 Å². The number of pyridine rings is 1. The van der Waals surface area contributed by atoms with Gasteiger partial charge >= 0.3 is 0 Å². The van der Waals surface area contributed by atoms with Gasteiger partial charge in [0.1, 0.15) is 11.6 Å². The molecule has 0 saturated heterocycles. The minimum atomic E-state index is 0.0916. The van der Waals surface area contributed by atoms with E-state index in [1.165, 1.54) is 5.56 Å². The lowest BCUT2D eigenvalue weighted by atomic mass is 9.85.